The first-order valence-corrected chi connectivity index (χ1v) is 7.54. The van der Waals surface area contributed by atoms with Crippen LogP contribution in [0, 0.1) is 0 Å². The normalized spacial score (nSPS) is 15.9. The molecule has 0 aliphatic heterocycles. The maximum atomic E-state index is 11.8. The third kappa shape index (κ3) is 3.24. The predicted octanol–water partition coefficient (Wildman–Crippen LogP) is 2.79. The van der Waals surface area contributed by atoms with Gasteiger partial charge in [-0.25, -0.2) is 0 Å². The van der Waals surface area contributed by atoms with Gasteiger partial charge >= 0.3 is 0 Å². The molecule has 1 fully saturated rings. The van der Waals surface area contributed by atoms with E-state index in [4.69, 9.17) is 5.73 Å². The highest BCUT2D eigenvalue weighted by Crippen LogP contribution is 2.30. The Labute approximate surface area is 121 Å². The Hall–Kier alpha value is -1.71. The van der Waals surface area contributed by atoms with E-state index < -0.39 is 0 Å². The number of carbonyl (C=O) groups excluding carboxylic acids is 1. The van der Waals surface area contributed by atoms with Gasteiger partial charge in [0.15, 0.2) is 0 Å². The molecule has 0 unspecified atom stereocenters. The van der Waals surface area contributed by atoms with Gasteiger partial charge in [0.05, 0.1) is 11.4 Å². The van der Waals surface area contributed by atoms with Crippen LogP contribution in [0.1, 0.15) is 49.4 Å². The maximum absolute atomic E-state index is 11.8. The van der Waals surface area contributed by atoms with Crippen LogP contribution in [0.4, 0.5) is 11.4 Å². The second-order valence-electron chi connectivity index (χ2n) is 5.54. The third-order valence-corrected chi connectivity index (χ3v) is 4.13. The summed E-state index contributed by atoms with van der Waals surface area (Å²) in [5, 5.41) is 2.79. The summed E-state index contributed by atoms with van der Waals surface area (Å²) in [7, 11) is 2.10. The minimum absolute atomic E-state index is 0.0638. The molecule has 1 aromatic carbocycles. The first-order valence-electron chi connectivity index (χ1n) is 7.54. The molecule has 0 saturated heterocycles. The molecular weight excluding hydrogens is 250 g/mol. The van der Waals surface area contributed by atoms with Crippen molar-refractivity contribution in [3.63, 3.8) is 0 Å². The number of rotatable bonds is 4. The zero-order valence-corrected chi connectivity index (χ0v) is 12.5. The number of anilines is 2. The van der Waals surface area contributed by atoms with Crippen molar-refractivity contribution < 1.29 is 4.79 Å². The SMILES string of the molecule is CCNC(=O)c1ccc(N(C)C2CCCCC2)c(N)c1. The average Bonchev–Trinajstić information content (AvgIpc) is 2.47. The summed E-state index contributed by atoms with van der Waals surface area (Å²) in [5.74, 6) is -0.0638. The molecule has 1 saturated carbocycles. The standard InChI is InChI=1S/C16H25N3O/c1-3-18-16(20)12-9-10-15(14(17)11-12)19(2)13-7-5-4-6-8-13/h9-11,13H,3-8,17H2,1-2H3,(H,18,20). The zero-order valence-electron chi connectivity index (χ0n) is 12.5. The molecule has 0 radical (unpaired) electrons. The monoisotopic (exact) mass is 275 g/mol. The molecule has 3 N–H and O–H groups in total. The van der Waals surface area contributed by atoms with Crippen molar-refractivity contribution in [2.24, 2.45) is 0 Å². The van der Waals surface area contributed by atoms with E-state index in [0.29, 0.717) is 23.8 Å². The number of nitrogen functional groups attached to an aromatic ring is 1. The highest BCUT2D eigenvalue weighted by Gasteiger charge is 2.20. The second-order valence-corrected chi connectivity index (χ2v) is 5.54. The Morgan fingerprint density at radius 1 is 1.35 bits per heavy atom. The number of hydrogen-bond acceptors (Lipinski definition) is 3. The van der Waals surface area contributed by atoms with E-state index in [2.05, 4.69) is 17.3 Å². The topological polar surface area (TPSA) is 58.4 Å². The Bertz CT molecular complexity index is 467. The molecule has 0 spiro atoms. The lowest BCUT2D eigenvalue weighted by molar-refractivity contribution is 0.0956. The van der Waals surface area contributed by atoms with Gasteiger partial charge in [-0.2, -0.15) is 0 Å². The van der Waals surface area contributed by atoms with E-state index in [1.165, 1.54) is 32.1 Å². The molecule has 4 heteroatoms. The van der Waals surface area contributed by atoms with Crippen molar-refractivity contribution >= 4 is 17.3 Å². The van der Waals surface area contributed by atoms with E-state index in [1.54, 1.807) is 6.07 Å². The lowest BCUT2D eigenvalue weighted by atomic mass is 9.94. The van der Waals surface area contributed by atoms with Crippen LogP contribution in [0.2, 0.25) is 0 Å². The van der Waals surface area contributed by atoms with Gasteiger partial charge in [0, 0.05) is 25.2 Å². The second kappa shape index (κ2) is 6.64. The Morgan fingerprint density at radius 2 is 2.05 bits per heavy atom. The molecule has 0 bridgehead atoms. The van der Waals surface area contributed by atoms with Crippen LogP contribution in [-0.2, 0) is 0 Å². The lowest BCUT2D eigenvalue weighted by Gasteiger charge is -2.33. The number of amides is 1. The van der Waals surface area contributed by atoms with Crippen LogP contribution in [0.3, 0.4) is 0 Å². The summed E-state index contributed by atoms with van der Waals surface area (Å²) in [6.45, 7) is 2.54. The highest BCUT2D eigenvalue weighted by atomic mass is 16.1. The van der Waals surface area contributed by atoms with Crippen molar-refractivity contribution in [3.05, 3.63) is 23.8 Å². The first-order chi connectivity index (χ1) is 9.63. The Kier molecular flexibility index (Phi) is 4.88. The van der Waals surface area contributed by atoms with Gasteiger partial charge in [0.25, 0.3) is 5.91 Å². The predicted molar refractivity (Wildman–Crippen MR) is 84.1 cm³/mol. The minimum Gasteiger partial charge on any atom is -0.397 e. The average molecular weight is 275 g/mol. The molecule has 0 atom stereocenters. The summed E-state index contributed by atoms with van der Waals surface area (Å²) in [6, 6.07) is 6.17. The molecule has 110 valence electrons. The molecule has 1 amide bonds. The lowest BCUT2D eigenvalue weighted by Crippen LogP contribution is -2.34. The van der Waals surface area contributed by atoms with Gasteiger partial charge in [0.2, 0.25) is 0 Å². The largest absolute Gasteiger partial charge is 0.397 e. The molecule has 0 heterocycles. The Balaban J connectivity index is 2.14. The van der Waals surface area contributed by atoms with Gasteiger partial charge in [-0.15, -0.1) is 0 Å². The summed E-state index contributed by atoms with van der Waals surface area (Å²) in [5.41, 5.74) is 8.49. The van der Waals surface area contributed by atoms with Gasteiger partial charge in [-0.05, 0) is 38.0 Å². The molecular formula is C16H25N3O. The van der Waals surface area contributed by atoms with Crippen LogP contribution in [0.5, 0.6) is 0 Å². The molecule has 2 rings (SSSR count). The number of carbonyl (C=O) groups is 1. The highest BCUT2D eigenvalue weighted by molar-refractivity contribution is 5.96. The van der Waals surface area contributed by atoms with Gasteiger partial charge in [-0.3, -0.25) is 4.79 Å². The number of benzene rings is 1. The van der Waals surface area contributed by atoms with E-state index in [-0.39, 0.29) is 5.91 Å². The third-order valence-electron chi connectivity index (χ3n) is 4.13. The van der Waals surface area contributed by atoms with Gasteiger partial charge < -0.3 is 16.0 Å². The fourth-order valence-corrected chi connectivity index (χ4v) is 2.94. The fraction of sp³-hybridized carbons (Fsp3) is 0.562. The molecule has 1 aromatic rings. The summed E-state index contributed by atoms with van der Waals surface area (Å²) >= 11 is 0. The van der Waals surface area contributed by atoms with Crippen molar-refractivity contribution in [1.82, 2.24) is 5.32 Å². The van der Waals surface area contributed by atoms with Gasteiger partial charge in [0.1, 0.15) is 0 Å². The van der Waals surface area contributed by atoms with E-state index in [9.17, 15) is 4.79 Å². The minimum atomic E-state index is -0.0638. The summed E-state index contributed by atoms with van der Waals surface area (Å²) in [6.07, 6.45) is 6.40. The van der Waals surface area contributed by atoms with E-state index >= 15 is 0 Å². The van der Waals surface area contributed by atoms with E-state index in [1.807, 2.05) is 19.1 Å². The number of nitrogens with zero attached hydrogens (tertiary/aromatic N) is 1. The molecule has 1 aliphatic carbocycles. The number of nitrogens with one attached hydrogen (secondary N) is 1. The van der Waals surface area contributed by atoms with Crippen molar-refractivity contribution in [2.75, 3.05) is 24.2 Å². The van der Waals surface area contributed by atoms with Crippen LogP contribution >= 0.6 is 0 Å². The Morgan fingerprint density at radius 3 is 2.65 bits per heavy atom. The smallest absolute Gasteiger partial charge is 0.251 e. The summed E-state index contributed by atoms with van der Waals surface area (Å²) < 4.78 is 0. The quantitative estimate of drug-likeness (QED) is 0.831. The fourth-order valence-electron chi connectivity index (χ4n) is 2.94. The van der Waals surface area contributed by atoms with Crippen molar-refractivity contribution in [2.45, 2.75) is 45.1 Å². The van der Waals surface area contributed by atoms with Crippen molar-refractivity contribution in [1.29, 1.82) is 0 Å². The summed E-state index contributed by atoms with van der Waals surface area (Å²) in [4.78, 5) is 14.1. The number of nitrogens with two attached hydrogens (primary N) is 1. The molecule has 4 nitrogen and oxygen atoms in total. The zero-order chi connectivity index (χ0) is 14.5. The number of hydrogen-bond donors (Lipinski definition) is 2. The van der Waals surface area contributed by atoms with Crippen LogP contribution in [0.15, 0.2) is 18.2 Å². The molecule has 20 heavy (non-hydrogen) atoms. The van der Waals surface area contributed by atoms with E-state index in [0.717, 1.165) is 5.69 Å². The van der Waals surface area contributed by atoms with Crippen LogP contribution in [-0.4, -0.2) is 25.5 Å². The van der Waals surface area contributed by atoms with Gasteiger partial charge in [-0.1, -0.05) is 19.3 Å². The maximum Gasteiger partial charge on any atom is 0.251 e. The first kappa shape index (κ1) is 14.7. The molecule has 1 aliphatic rings. The van der Waals surface area contributed by atoms with Crippen molar-refractivity contribution in [3.8, 4) is 0 Å². The van der Waals surface area contributed by atoms with Crippen LogP contribution < -0.4 is 16.0 Å². The molecule has 0 aromatic heterocycles. The van der Waals surface area contributed by atoms with Crippen LogP contribution in [0.25, 0.3) is 0 Å².